The van der Waals surface area contributed by atoms with Gasteiger partial charge in [0, 0.05) is 18.5 Å². The lowest BCUT2D eigenvalue weighted by atomic mass is 10.2. The smallest absolute Gasteiger partial charge is 0.269 e. The number of nitrogens with zero attached hydrogens (tertiary/aromatic N) is 4. The monoisotopic (exact) mass is 327 g/mol. The Morgan fingerprint density at radius 3 is 2.65 bits per heavy atom. The van der Waals surface area contributed by atoms with Gasteiger partial charge in [0.2, 0.25) is 5.95 Å². The van der Waals surface area contributed by atoms with Crippen molar-refractivity contribution in [3.05, 3.63) is 47.2 Å². The van der Waals surface area contributed by atoms with Crippen molar-refractivity contribution in [3.63, 3.8) is 0 Å². The number of anilines is 1. The Morgan fingerprint density at radius 1 is 1.26 bits per heavy atom. The van der Waals surface area contributed by atoms with E-state index in [0.29, 0.717) is 16.6 Å². The fraction of sp³-hybridized carbons (Fsp3) is 0.250. The van der Waals surface area contributed by atoms with E-state index in [1.165, 1.54) is 11.3 Å². The number of benzene rings is 1. The second kappa shape index (κ2) is 6.29. The fourth-order valence-corrected chi connectivity index (χ4v) is 2.83. The van der Waals surface area contributed by atoms with E-state index in [4.69, 9.17) is 0 Å². The van der Waals surface area contributed by atoms with E-state index in [1.807, 2.05) is 44.2 Å². The molecule has 2 aromatic heterocycles. The number of rotatable bonds is 4. The first-order valence-corrected chi connectivity index (χ1v) is 8.10. The van der Waals surface area contributed by atoms with Crippen molar-refractivity contribution < 1.29 is 4.79 Å². The quantitative estimate of drug-likeness (QED) is 0.798. The van der Waals surface area contributed by atoms with E-state index < -0.39 is 0 Å². The maximum absolute atomic E-state index is 12.4. The van der Waals surface area contributed by atoms with E-state index in [9.17, 15) is 4.79 Å². The van der Waals surface area contributed by atoms with Crippen molar-refractivity contribution in [1.29, 1.82) is 0 Å². The van der Waals surface area contributed by atoms with Crippen LogP contribution in [0.5, 0.6) is 0 Å². The van der Waals surface area contributed by atoms with Crippen molar-refractivity contribution in [2.24, 2.45) is 7.05 Å². The van der Waals surface area contributed by atoms with E-state index >= 15 is 0 Å². The summed E-state index contributed by atoms with van der Waals surface area (Å²) in [5.41, 5.74) is 0.998. The average molecular weight is 327 g/mol. The van der Waals surface area contributed by atoms with Gasteiger partial charge >= 0.3 is 0 Å². The van der Waals surface area contributed by atoms with E-state index in [2.05, 4.69) is 20.4 Å². The zero-order chi connectivity index (χ0) is 16.4. The van der Waals surface area contributed by atoms with E-state index in [0.717, 1.165) is 10.6 Å². The summed E-state index contributed by atoms with van der Waals surface area (Å²) in [6.45, 7) is 4.02. The molecule has 3 aromatic rings. The molecule has 7 heteroatoms. The van der Waals surface area contributed by atoms with Crippen LogP contribution in [0.2, 0.25) is 0 Å². The maximum atomic E-state index is 12.4. The maximum Gasteiger partial charge on any atom is 0.269 e. The third-order valence-electron chi connectivity index (χ3n) is 3.27. The van der Waals surface area contributed by atoms with Gasteiger partial charge in [0.15, 0.2) is 5.82 Å². The fourth-order valence-electron chi connectivity index (χ4n) is 2.01. The largest absolute Gasteiger partial charge is 0.290 e. The molecule has 23 heavy (non-hydrogen) atoms. The van der Waals surface area contributed by atoms with Crippen LogP contribution >= 0.6 is 11.3 Å². The molecule has 0 bridgehead atoms. The van der Waals surface area contributed by atoms with Gasteiger partial charge in [0.1, 0.15) is 9.88 Å². The van der Waals surface area contributed by atoms with Crippen molar-refractivity contribution in [3.8, 4) is 10.6 Å². The zero-order valence-corrected chi connectivity index (χ0v) is 14.0. The second-order valence-electron chi connectivity index (χ2n) is 5.42. The van der Waals surface area contributed by atoms with Crippen molar-refractivity contribution in [1.82, 2.24) is 19.7 Å². The number of aromatic nitrogens is 4. The number of carbonyl (C=O) groups is 1. The number of amides is 1. The summed E-state index contributed by atoms with van der Waals surface area (Å²) in [4.78, 5) is 21.6. The highest BCUT2D eigenvalue weighted by Crippen LogP contribution is 2.25. The summed E-state index contributed by atoms with van der Waals surface area (Å²) in [6, 6.07) is 9.79. The lowest BCUT2D eigenvalue weighted by Crippen LogP contribution is -2.14. The van der Waals surface area contributed by atoms with Crippen molar-refractivity contribution in [2.75, 3.05) is 5.32 Å². The number of hydrogen-bond donors (Lipinski definition) is 1. The van der Waals surface area contributed by atoms with E-state index in [-0.39, 0.29) is 11.8 Å². The number of nitrogens with one attached hydrogen (secondary N) is 1. The molecule has 1 amide bonds. The number of aryl methyl sites for hydroxylation is 1. The summed E-state index contributed by atoms with van der Waals surface area (Å²) in [5, 5.41) is 7.89. The Hall–Kier alpha value is -2.54. The minimum atomic E-state index is -0.226. The molecule has 6 nitrogen and oxygen atoms in total. The van der Waals surface area contributed by atoms with Gasteiger partial charge in [-0.15, -0.1) is 11.3 Å². The van der Waals surface area contributed by atoms with Crippen molar-refractivity contribution >= 4 is 23.2 Å². The summed E-state index contributed by atoms with van der Waals surface area (Å²) in [6.07, 6.45) is 1.59. The topological polar surface area (TPSA) is 72.7 Å². The molecule has 1 aromatic carbocycles. The third kappa shape index (κ3) is 3.29. The minimum Gasteiger partial charge on any atom is -0.290 e. The molecule has 2 heterocycles. The predicted molar refractivity (Wildman–Crippen MR) is 90.6 cm³/mol. The molecule has 0 spiro atoms. The first-order valence-electron chi connectivity index (χ1n) is 7.28. The Bertz CT molecular complexity index is 822. The Labute approximate surface area is 138 Å². The standard InChI is InChI=1S/C16H17N5OS/c1-10(2)13-18-16(21(3)20-13)19-14(22)12-9-17-15(23-12)11-7-5-4-6-8-11/h4-10H,1-3H3,(H,18,19,20,22). The predicted octanol–water partition coefficient (Wildman–Crippen LogP) is 3.31. The molecule has 3 rings (SSSR count). The highest BCUT2D eigenvalue weighted by Gasteiger charge is 2.16. The van der Waals surface area contributed by atoms with Gasteiger partial charge in [-0.3, -0.25) is 10.1 Å². The lowest BCUT2D eigenvalue weighted by Gasteiger charge is -2.00. The Kier molecular flexibility index (Phi) is 4.20. The summed E-state index contributed by atoms with van der Waals surface area (Å²) in [5.74, 6) is 1.13. The molecular formula is C16H17N5OS. The highest BCUT2D eigenvalue weighted by atomic mass is 32.1. The van der Waals surface area contributed by atoms with Gasteiger partial charge < -0.3 is 0 Å². The molecule has 118 valence electrons. The van der Waals surface area contributed by atoms with Gasteiger partial charge in [-0.25, -0.2) is 9.67 Å². The molecule has 0 aliphatic carbocycles. The first kappa shape index (κ1) is 15.4. The van der Waals surface area contributed by atoms with Crippen LogP contribution in [0.1, 0.15) is 35.3 Å². The van der Waals surface area contributed by atoms with Crippen LogP contribution in [-0.2, 0) is 7.05 Å². The summed E-state index contributed by atoms with van der Waals surface area (Å²) < 4.78 is 1.58. The molecule has 0 unspecified atom stereocenters. The van der Waals surface area contributed by atoms with Crippen LogP contribution in [0.4, 0.5) is 5.95 Å². The Morgan fingerprint density at radius 2 is 2.00 bits per heavy atom. The number of thiazole rings is 1. The molecule has 0 saturated heterocycles. The Balaban J connectivity index is 1.78. The molecular weight excluding hydrogens is 310 g/mol. The van der Waals surface area contributed by atoms with Crippen LogP contribution in [0.15, 0.2) is 36.5 Å². The van der Waals surface area contributed by atoms with Crippen LogP contribution in [0.3, 0.4) is 0 Å². The zero-order valence-electron chi connectivity index (χ0n) is 13.1. The molecule has 0 saturated carbocycles. The molecule has 0 aliphatic rings. The summed E-state index contributed by atoms with van der Waals surface area (Å²) >= 11 is 1.35. The van der Waals surface area contributed by atoms with Crippen LogP contribution in [-0.4, -0.2) is 25.7 Å². The molecule has 0 atom stereocenters. The third-order valence-corrected chi connectivity index (χ3v) is 4.32. The van der Waals surface area contributed by atoms with Crippen LogP contribution < -0.4 is 5.32 Å². The molecule has 1 N–H and O–H groups in total. The summed E-state index contributed by atoms with van der Waals surface area (Å²) in [7, 11) is 1.76. The first-order chi connectivity index (χ1) is 11.0. The van der Waals surface area contributed by atoms with Gasteiger partial charge in [0.05, 0.1) is 6.20 Å². The highest BCUT2D eigenvalue weighted by molar-refractivity contribution is 7.17. The SMILES string of the molecule is CC(C)c1nc(NC(=O)c2cnc(-c3ccccc3)s2)n(C)n1. The second-order valence-corrected chi connectivity index (χ2v) is 6.45. The van der Waals surface area contributed by atoms with E-state index in [1.54, 1.807) is 17.9 Å². The minimum absolute atomic E-state index is 0.208. The molecule has 0 fully saturated rings. The molecule has 0 aliphatic heterocycles. The van der Waals surface area contributed by atoms with Gasteiger partial charge in [-0.2, -0.15) is 10.1 Å². The molecule has 0 radical (unpaired) electrons. The average Bonchev–Trinajstić information content (AvgIpc) is 3.16. The van der Waals surface area contributed by atoms with Gasteiger partial charge in [-0.05, 0) is 0 Å². The van der Waals surface area contributed by atoms with Crippen LogP contribution in [0, 0.1) is 0 Å². The normalized spacial score (nSPS) is 11.0. The van der Waals surface area contributed by atoms with Crippen molar-refractivity contribution in [2.45, 2.75) is 19.8 Å². The number of hydrogen-bond acceptors (Lipinski definition) is 5. The number of carbonyl (C=O) groups excluding carboxylic acids is 1. The van der Waals surface area contributed by atoms with Crippen LogP contribution in [0.25, 0.3) is 10.6 Å². The van der Waals surface area contributed by atoms with Gasteiger partial charge in [0.25, 0.3) is 5.91 Å². The lowest BCUT2D eigenvalue weighted by molar-refractivity contribution is 0.102. The van der Waals surface area contributed by atoms with Gasteiger partial charge in [-0.1, -0.05) is 44.2 Å².